The molecule has 2 N–H and O–H groups in total. The molecule has 3 heterocycles. The molecule has 0 unspecified atom stereocenters. The second kappa shape index (κ2) is 8.78. The Morgan fingerprint density at radius 1 is 1.09 bits per heavy atom. The number of para-hydroxylation sites is 2. The van der Waals surface area contributed by atoms with E-state index in [4.69, 9.17) is 4.74 Å². The number of allylic oxidation sites excluding steroid dienone is 1. The molecule has 0 aliphatic carbocycles. The molecule has 0 saturated heterocycles. The molecule has 1 amide bonds. The van der Waals surface area contributed by atoms with Gasteiger partial charge >= 0.3 is 0 Å². The van der Waals surface area contributed by atoms with Crippen LogP contribution in [0.2, 0.25) is 0 Å². The normalized spacial score (nSPS) is 14.9. The topological polar surface area (TPSA) is 94.0 Å². The third-order valence-electron chi connectivity index (χ3n) is 5.58. The molecule has 0 bridgehead atoms. The Morgan fingerprint density at radius 3 is 2.56 bits per heavy atom. The number of fused-ring (bicyclic) bond motifs is 1. The summed E-state index contributed by atoms with van der Waals surface area (Å²) in [5, 5.41) is 10.8. The van der Waals surface area contributed by atoms with E-state index in [2.05, 4.69) is 25.7 Å². The molecule has 4 aromatic rings. The molecule has 170 valence electrons. The summed E-state index contributed by atoms with van der Waals surface area (Å²) in [6.07, 6.45) is 3.33. The van der Waals surface area contributed by atoms with Crippen molar-refractivity contribution < 1.29 is 13.9 Å². The van der Waals surface area contributed by atoms with Crippen LogP contribution in [-0.4, -0.2) is 32.8 Å². The smallest absolute Gasteiger partial charge is 0.255 e. The summed E-state index contributed by atoms with van der Waals surface area (Å²) in [6.45, 7) is 1.82. The molecule has 9 heteroatoms. The van der Waals surface area contributed by atoms with Crippen LogP contribution in [0.25, 0.3) is 11.4 Å². The van der Waals surface area contributed by atoms with E-state index in [1.165, 1.54) is 12.1 Å². The number of ether oxygens (including phenoxy) is 1. The highest BCUT2D eigenvalue weighted by atomic mass is 19.1. The number of halogens is 1. The van der Waals surface area contributed by atoms with E-state index in [9.17, 15) is 9.18 Å². The average Bonchev–Trinajstić information content (AvgIpc) is 3.28. The maximum absolute atomic E-state index is 13.6. The Hall–Kier alpha value is -4.53. The van der Waals surface area contributed by atoms with Crippen molar-refractivity contribution in [1.82, 2.24) is 19.7 Å². The maximum Gasteiger partial charge on any atom is 0.255 e. The Morgan fingerprint density at radius 2 is 1.82 bits per heavy atom. The van der Waals surface area contributed by atoms with Crippen molar-refractivity contribution >= 4 is 17.5 Å². The molecule has 0 spiro atoms. The third kappa shape index (κ3) is 3.88. The second-order valence-electron chi connectivity index (χ2n) is 7.71. The first-order valence-electron chi connectivity index (χ1n) is 10.6. The van der Waals surface area contributed by atoms with Crippen LogP contribution < -0.4 is 15.4 Å². The largest absolute Gasteiger partial charge is 0.495 e. The second-order valence-corrected chi connectivity index (χ2v) is 7.71. The van der Waals surface area contributed by atoms with E-state index in [-0.39, 0.29) is 11.7 Å². The summed E-state index contributed by atoms with van der Waals surface area (Å²) in [5.74, 6) is 0.806. The van der Waals surface area contributed by atoms with Crippen molar-refractivity contribution in [3.8, 4) is 17.1 Å². The van der Waals surface area contributed by atoms with Gasteiger partial charge in [-0.15, -0.1) is 5.10 Å². The number of pyridine rings is 1. The van der Waals surface area contributed by atoms with Crippen LogP contribution in [0.15, 0.2) is 84.3 Å². The van der Waals surface area contributed by atoms with Crippen LogP contribution in [0.4, 0.5) is 16.0 Å². The molecule has 0 saturated carbocycles. The van der Waals surface area contributed by atoms with Crippen LogP contribution >= 0.6 is 0 Å². The van der Waals surface area contributed by atoms with Crippen molar-refractivity contribution in [2.45, 2.75) is 13.0 Å². The first-order chi connectivity index (χ1) is 16.5. The zero-order valence-electron chi connectivity index (χ0n) is 18.5. The van der Waals surface area contributed by atoms with Crippen molar-refractivity contribution in [2.24, 2.45) is 0 Å². The van der Waals surface area contributed by atoms with Gasteiger partial charge in [0.25, 0.3) is 5.91 Å². The Balaban J connectivity index is 1.58. The lowest BCUT2D eigenvalue weighted by molar-refractivity contribution is -0.113. The zero-order valence-corrected chi connectivity index (χ0v) is 18.5. The molecule has 2 aromatic heterocycles. The summed E-state index contributed by atoms with van der Waals surface area (Å²) < 4.78 is 20.5. The molecule has 0 radical (unpaired) electrons. The Bertz CT molecular complexity index is 1380. The monoisotopic (exact) mass is 456 g/mol. The van der Waals surface area contributed by atoms with Gasteiger partial charge in [-0.3, -0.25) is 9.78 Å². The van der Waals surface area contributed by atoms with E-state index in [1.807, 2.05) is 31.2 Å². The molecule has 1 aliphatic heterocycles. The molecule has 5 rings (SSSR count). The summed E-state index contributed by atoms with van der Waals surface area (Å²) in [6, 6.07) is 16.3. The maximum atomic E-state index is 13.6. The fourth-order valence-electron chi connectivity index (χ4n) is 3.96. The molecule has 1 aliphatic rings. The molecule has 8 nitrogen and oxygen atoms in total. The minimum absolute atomic E-state index is 0.305. The number of hydrogen-bond acceptors (Lipinski definition) is 6. The molecule has 1 atom stereocenters. The number of hydrogen-bond donors (Lipinski definition) is 2. The van der Waals surface area contributed by atoms with Crippen molar-refractivity contribution in [3.63, 3.8) is 0 Å². The van der Waals surface area contributed by atoms with E-state index in [0.29, 0.717) is 40.0 Å². The van der Waals surface area contributed by atoms with Gasteiger partial charge < -0.3 is 15.4 Å². The summed E-state index contributed by atoms with van der Waals surface area (Å²) in [5.41, 5.74) is 3.15. The van der Waals surface area contributed by atoms with Crippen molar-refractivity contribution in [3.05, 3.63) is 95.7 Å². The molecular weight excluding hydrogens is 435 g/mol. The number of nitrogens with zero attached hydrogens (tertiary/aromatic N) is 4. The number of anilines is 2. The predicted octanol–water partition coefficient (Wildman–Crippen LogP) is 4.42. The van der Waals surface area contributed by atoms with E-state index < -0.39 is 6.04 Å². The van der Waals surface area contributed by atoms with Crippen LogP contribution in [0, 0.1) is 5.82 Å². The fourth-order valence-corrected chi connectivity index (χ4v) is 3.96. The number of carbonyl (C=O) groups excluding carboxylic acids is 1. The highest BCUT2D eigenvalue weighted by Gasteiger charge is 2.34. The van der Waals surface area contributed by atoms with Crippen LogP contribution in [0.5, 0.6) is 5.75 Å². The SMILES string of the molecule is COc1ccccc1NC(=O)C1=C(C)Nc2nc(-c3ccc(F)cc3)nn2[C@@H]1c1ccncc1. The first kappa shape index (κ1) is 21.3. The van der Waals surface area contributed by atoms with E-state index in [1.54, 1.807) is 48.5 Å². The third-order valence-corrected chi connectivity index (χ3v) is 5.58. The van der Waals surface area contributed by atoms with Crippen molar-refractivity contribution in [1.29, 1.82) is 0 Å². The summed E-state index contributed by atoms with van der Waals surface area (Å²) in [7, 11) is 1.55. The minimum Gasteiger partial charge on any atom is -0.495 e. The minimum atomic E-state index is -0.560. The standard InChI is InChI=1S/C25H21FN6O2/c1-15-21(24(33)29-19-5-3-4-6-20(19)34-2)22(16-11-13-27-14-12-16)32-25(28-15)30-23(31-32)17-7-9-18(26)10-8-17/h3-14,22H,1-2H3,(H,29,33)(H,28,30,31)/t22-/m1/s1. The van der Waals surface area contributed by atoms with Crippen LogP contribution in [0.3, 0.4) is 0 Å². The molecule has 34 heavy (non-hydrogen) atoms. The highest BCUT2D eigenvalue weighted by Crippen LogP contribution is 2.37. The Labute approximate surface area is 195 Å². The number of benzene rings is 2. The summed E-state index contributed by atoms with van der Waals surface area (Å²) in [4.78, 5) is 22.3. The van der Waals surface area contributed by atoms with Gasteiger partial charge in [0, 0.05) is 23.7 Å². The number of amides is 1. The summed E-state index contributed by atoms with van der Waals surface area (Å²) >= 11 is 0. The first-order valence-corrected chi connectivity index (χ1v) is 10.6. The fraction of sp³-hybridized carbons (Fsp3) is 0.120. The number of aromatic nitrogens is 4. The van der Waals surface area contributed by atoms with Gasteiger partial charge in [-0.2, -0.15) is 4.98 Å². The van der Waals surface area contributed by atoms with Gasteiger partial charge in [0.1, 0.15) is 17.6 Å². The molecule has 0 fully saturated rings. The lowest BCUT2D eigenvalue weighted by Gasteiger charge is -2.28. The van der Waals surface area contributed by atoms with Gasteiger partial charge in [-0.1, -0.05) is 12.1 Å². The van der Waals surface area contributed by atoms with Gasteiger partial charge in [0.15, 0.2) is 5.82 Å². The number of nitrogens with one attached hydrogen (secondary N) is 2. The van der Waals surface area contributed by atoms with Gasteiger partial charge in [0.2, 0.25) is 5.95 Å². The lowest BCUT2D eigenvalue weighted by atomic mass is 9.96. The van der Waals surface area contributed by atoms with Gasteiger partial charge in [-0.05, 0) is 61.0 Å². The zero-order chi connectivity index (χ0) is 23.7. The average molecular weight is 456 g/mol. The molecular formula is C25H21FN6O2. The van der Waals surface area contributed by atoms with Crippen LogP contribution in [0.1, 0.15) is 18.5 Å². The Kier molecular flexibility index (Phi) is 5.51. The number of methoxy groups -OCH3 is 1. The van der Waals surface area contributed by atoms with Gasteiger partial charge in [0.05, 0.1) is 18.4 Å². The van der Waals surface area contributed by atoms with Crippen LogP contribution in [-0.2, 0) is 4.79 Å². The highest BCUT2D eigenvalue weighted by molar-refractivity contribution is 6.06. The quantitative estimate of drug-likeness (QED) is 0.462. The molecule has 2 aromatic carbocycles. The van der Waals surface area contributed by atoms with E-state index in [0.717, 1.165) is 5.56 Å². The number of rotatable bonds is 5. The van der Waals surface area contributed by atoms with Gasteiger partial charge in [-0.25, -0.2) is 9.07 Å². The lowest BCUT2D eigenvalue weighted by Crippen LogP contribution is -2.31. The van der Waals surface area contributed by atoms with Crippen molar-refractivity contribution in [2.75, 3.05) is 17.7 Å². The van der Waals surface area contributed by atoms with E-state index >= 15 is 0 Å². The predicted molar refractivity (Wildman–Crippen MR) is 126 cm³/mol. The number of carbonyl (C=O) groups is 1.